The predicted octanol–water partition coefficient (Wildman–Crippen LogP) is 6.44. The first-order chi connectivity index (χ1) is 14.5. The van der Waals surface area contributed by atoms with Crippen LogP contribution in [0, 0.1) is 18.7 Å². The summed E-state index contributed by atoms with van der Waals surface area (Å²) in [6.45, 7) is 14.5. The molecule has 0 unspecified atom stereocenters. The molecule has 0 saturated carbocycles. The fraction of sp³-hybridized carbons (Fsp3) is 0.375. The van der Waals surface area contributed by atoms with Gasteiger partial charge in [0.1, 0.15) is 5.82 Å². The summed E-state index contributed by atoms with van der Waals surface area (Å²) in [5.41, 5.74) is 1.67. The van der Waals surface area contributed by atoms with E-state index in [1.54, 1.807) is 43.4 Å². The number of nitrogens with one attached hydrogen (secondary N) is 1. The number of anilines is 1. The van der Waals surface area contributed by atoms with Crippen LogP contribution >= 0.6 is 11.3 Å². The highest BCUT2D eigenvalue weighted by molar-refractivity contribution is 7.94. The van der Waals surface area contributed by atoms with Gasteiger partial charge in [-0.15, -0.1) is 30.8 Å². The van der Waals surface area contributed by atoms with Crippen molar-refractivity contribution in [3.63, 3.8) is 0 Å². The van der Waals surface area contributed by atoms with E-state index in [0.717, 1.165) is 34.2 Å². The molecule has 0 radical (unpaired) electrons. The van der Waals surface area contributed by atoms with Gasteiger partial charge in [-0.3, -0.25) is 0 Å². The van der Waals surface area contributed by atoms with Crippen molar-refractivity contribution in [1.82, 2.24) is 4.98 Å². The summed E-state index contributed by atoms with van der Waals surface area (Å²) >= 11 is 1.64. The summed E-state index contributed by atoms with van der Waals surface area (Å²) in [5, 5.41) is 4.24. The summed E-state index contributed by atoms with van der Waals surface area (Å²) in [7, 11) is -2.89. The molecule has 1 aromatic heterocycles. The standard InChI is InChI=1S/C17H21FN2S.C5H10O2S.C2H2/c1-5-11-19-16-20-14(12-7-9-13(18)10-8-12)15(21-16)17(3,4)6-2;1-4-5(2)8(3,6)7;1-2/h6-10H,2,5,11H2,1,3-4H3,(H,19,20);4H,1-3H3;1-2H/b;5-4+;. The van der Waals surface area contributed by atoms with Gasteiger partial charge in [0.05, 0.1) is 5.69 Å². The lowest BCUT2D eigenvalue weighted by Gasteiger charge is -2.19. The Morgan fingerprint density at radius 1 is 1.29 bits per heavy atom. The molecule has 0 atom stereocenters. The largest absolute Gasteiger partial charge is 0.362 e. The molecule has 0 aliphatic carbocycles. The molecule has 0 saturated heterocycles. The van der Waals surface area contributed by atoms with Crippen LogP contribution in [0.2, 0.25) is 0 Å². The van der Waals surface area contributed by atoms with Crippen molar-refractivity contribution < 1.29 is 12.8 Å². The Labute approximate surface area is 191 Å². The zero-order chi connectivity index (χ0) is 24.2. The number of sulfone groups is 1. The molecule has 1 heterocycles. The van der Waals surface area contributed by atoms with Gasteiger partial charge in [0.15, 0.2) is 15.0 Å². The Hall–Kier alpha value is -2.43. The van der Waals surface area contributed by atoms with Gasteiger partial charge in [0, 0.05) is 33.6 Å². The Bertz CT molecular complexity index is 986. The van der Waals surface area contributed by atoms with Crippen molar-refractivity contribution in [2.75, 3.05) is 18.1 Å². The molecular formula is C24H33FN2O2S2. The van der Waals surface area contributed by atoms with E-state index >= 15 is 0 Å². The number of benzene rings is 1. The monoisotopic (exact) mass is 464 g/mol. The van der Waals surface area contributed by atoms with Crippen LogP contribution in [0.4, 0.5) is 9.52 Å². The molecule has 1 aromatic carbocycles. The second kappa shape index (κ2) is 13.1. The zero-order valence-electron chi connectivity index (χ0n) is 19.2. The Morgan fingerprint density at radius 3 is 2.23 bits per heavy atom. The molecular weight excluding hydrogens is 431 g/mol. The molecule has 0 aliphatic rings. The maximum atomic E-state index is 13.1. The highest BCUT2D eigenvalue weighted by atomic mass is 32.2. The van der Waals surface area contributed by atoms with Gasteiger partial charge in [-0.1, -0.05) is 32.9 Å². The average Bonchev–Trinajstić information content (AvgIpc) is 3.18. The Balaban J connectivity index is 0.000000762. The maximum absolute atomic E-state index is 13.1. The van der Waals surface area contributed by atoms with Crippen molar-refractivity contribution >= 4 is 26.3 Å². The lowest BCUT2D eigenvalue weighted by atomic mass is 9.89. The van der Waals surface area contributed by atoms with Gasteiger partial charge >= 0.3 is 0 Å². The van der Waals surface area contributed by atoms with E-state index in [2.05, 4.69) is 45.5 Å². The van der Waals surface area contributed by atoms with E-state index in [0.29, 0.717) is 4.91 Å². The molecule has 170 valence electrons. The maximum Gasteiger partial charge on any atom is 0.183 e. The smallest absolute Gasteiger partial charge is 0.183 e. The minimum atomic E-state index is -2.89. The van der Waals surface area contributed by atoms with E-state index < -0.39 is 9.84 Å². The number of terminal acetylenes is 1. The third-order valence-corrected chi connectivity index (χ3v) is 7.12. The first kappa shape index (κ1) is 28.6. The summed E-state index contributed by atoms with van der Waals surface area (Å²) in [6, 6.07) is 6.49. The molecule has 1 N–H and O–H groups in total. The summed E-state index contributed by atoms with van der Waals surface area (Å²) in [4.78, 5) is 6.27. The van der Waals surface area contributed by atoms with Gasteiger partial charge in [0.25, 0.3) is 0 Å². The second-order valence-corrected chi connectivity index (χ2v) is 10.4. The summed E-state index contributed by atoms with van der Waals surface area (Å²) < 4.78 is 34.1. The van der Waals surface area contributed by atoms with Crippen LogP contribution in [0.1, 0.15) is 45.9 Å². The van der Waals surface area contributed by atoms with Crippen LogP contribution in [0.25, 0.3) is 11.3 Å². The van der Waals surface area contributed by atoms with Crippen molar-refractivity contribution in [3.8, 4) is 24.1 Å². The molecule has 0 spiro atoms. The van der Waals surface area contributed by atoms with Crippen LogP contribution < -0.4 is 5.32 Å². The number of allylic oxidation sites excluding steroid dienone is 3. The van der Waals surface area contributed by atoms with Crippen molar-refractivity contribution in [1.29, 1.82) is 0 Å². The third-order valence-electron chi connectivity index (χ3n) is 4.36. The number of nitrogens with zero attached hydrogens (tertiary/aromatic N) is 1. The number of halogens is 1. The minimum Gasteiger partial charge on any atom is -0.362 e. The molecule has 0 bridgehead atoms. The summed E-state index contributed by atoms with van der Waals surface area (Å²) in [5.74, 6) is -0.233. The molecule has 2 rings (SSSR count). The van der Waals surface area contributed by atoms with E-state index in [1.807, 2.05) is 6.08 Å². The fourth-order valence-corrected chi connectivity index (χ4v) is 3.71. The number of aromatic nitrogens is 1. The van der Waals surface area contributed by atoms with Gasteiger partial charge < -0.3 is 5.32 Å². The van der Waals surface area contributed by atoms with E-state index in [9.17, 15) is 12.8 Å². The highest BCUT2D eigenvalue weighted by Gasteiger charge is 2.25. The Morgan fingerprint density at radius 2 is 1.84 bits per heavy atom. The average molecular weight is 465 g/mol. The third kappa shape index (κ3) is 9.07. The fourth-order valence-electron chi connectivity index (χ4n) is 2.17. The Kier molecular flexibility index (Phi) is 12.1. The topological polar surface area (TPSA) is 59.1 Å². The van der Waals surface area contributed by atoms with E-state index in [4.69, 9.17) is 4.98 Å². The van der Waals surface area contributed by atoms with Crippen LogP contribution in [-0.4, -0.2) is 26.2 Å². The predicted molar refractivity (Wildman–Crippen MR) is 134 cm³/mol. The van der Waals surface area contributed by atoms with Gasteiger partial charge in [-0.05, 0) is 44.5 Å². The molecule has 0 aliphatic heterocycles. The lowest BCUT2D eigenvalue weighted by molar-refractivity contribution is 0.607. The number of thiazole rings is 1. The molecule has 2 aromatic rings. The van der Waals surface area contributed by atoms with Crippen LogP contribution in [0.3, 0.4) is 0 Å². The van der Waals surface area contributed by atoms with Crippen molar-refractivity contribution in [2.24, 2.45) is 0 Å². The number of rotatable bonds is 7. The number of hydrogen-bond acceptors (Lipinski definition) is 5. The van der Waals surface area contributed by atoms with Crippen LogP contribution in [0.15, 0.2) is 47.9 Å². The van der Waals surface area contributed by atoms with Gasteiger partial charge in [0.2, 0.25) is 0 Å². The van der Waals surface area contributed by atoms with E-state index in [-0.39, 0.29) is 11.2 Å². The second-order valence-electron chi connectivity index (χ2n) is 7.23. The van der Waals surface area contributed by atoms with Crippen LogP contribution in [-0.2, 0) is 15.3 Å². The van der Waals surface area contributed by atoms with Crippen LogP contribution in [0.5, 0.6) is 0 Å². The van der Waals surface area contributed by atoms with Gasteiger partial charge in [-0.2, -0.15) is 0 Å². The first-order valence-corrected chi connectivity index (χ1v) is 12.5. The normalized spacial score (nSPS) is 11.5. The minimum absolute atomic E-state index is 0.173. The summed E-state index contributed by atoms with van der Waals surface area (Å²) in [6.07, 6.45) is 13.8. The quantitative estimate of drug-likeness (QED) is 0.378. The molecule has 31 heavy (non-hydrogen) atoms. The van der Waals surface area contributed by atoms with Gasteiger partial charge in [-0.25, -0.2) is 17.8 Å². The van der Waals surface area contributed by atoms with Crippen molar-refractivity contribution in [3.05, 3.63) is 58.6 Å². The molecule has 4 nitrogen and oxygen atoms in total. The molecule has 0 amide bonds. The highest BCUT2D eigenvalue weighted by Crippen LogP contribution is 2.40. The molecule has 7 heteroatoms. The first-order valence-electron chi connectivity index (χ1n) is 9.77. The van der Waals surface area contributed by atoms with E-state index in [1.165, 1.54) is 18.4 Å². The molecule has 0 fully saturated rings. The SMILES string of the molecule is C#C.C/C=C(\C)S(C)(=O)=O.C=CC(C)(C)c1sc(NCCC)nc1-c1ccc(F)cc1. The lowest BCUT2D eigenvalue weighted by Crippen LogP contribution is -2.12. The number of hydrogen-bond donors (Lipinski definition) is 1. The zero-order valence-corrected chi connectivity index (χ0v) is 20.8. The van der Waals surface area contributed by atoms with Crippen molar-refractivity contribution in [2.45, 2.75) is 46.5 Å².